The number of carbonyl (C=O) groups is 1. The normalized spacial score (nSPS) is 19.5. The van der Waals surface area contributed by atoms with Crippen molar-refractivity contribution in [3.8, 4) is 0 Å². The Morgan fingerprint density at radius 2 is 1.87 bits per heavy atom. The number of carbonyl (C=O) groups excluding carboxylic acids is 1. The van der Waals surface area contributed by atoms with E-state index in [-0.39, 0.29) is 18.0 Å². The van der Waals surface area contributed by atoms with Crippen LogP contribution in [0.25, 0.3) is 11.1 Å². The predicted octanol–water partition coefficient (Wildman–Crippen LogP) is 4.54. The number of urea groups is 1. The molecule has 7 heteroatoms. The van der Waals surface area contributed by atoms with E-state index in [0.29, 0.717) is 19.6 Å². The number of aromatic nitrogens is 1. The largest absolute Gasteiger partial charge is 0.468 e. The second-order valence-corrected chi connectivity index (χ2v) is 8.60. The summed E-state index contributed by atoms with van der Waals surface area (Å²) in [4.78, 5) is 21.9. The Morgan fingerprint density at radius 3 is 2.61 bits per heavy atom. The van der Waals surface area contributed by atoms with Gasteiger partial charge in [-0.25, -0.2) is 9.78 Å². The average molecular weight is 423 g/mol. The van der Waals surface area contributed by atoms with E-state index >= 15 is 0 Å². The molecule has 1 unspecified atom stereocenters. The van der Waals surface area contributed by atoms with Crippen LogP contribution in [0.2, 0.25) is 0 Å². The highest BCUT2D eigenvalue weighted by molar-refractivity contribution is 5.74. The molecule has 0 bridgehead atoms. The number of likely N-dealkylation sites (tertiary alicyclic amines) is 2. The number of hydrogen-bond acceptors (Lipinski definition) is 5. The second-order valence-electron chi connectivity index (χ2n) is 8.60. The third-order valence-corrected chi connectivity index (χ3v) is 6.59. The van der Waals surface area contributed by atoms with Crippen LogP contribution in [0.1, 0.15) is 55.7 Å². The number of amides is 2. The molecule has 2 aliphatic rings. The van der Waals surface area contributed by atoms with Crippen molar-refractivity contribution >= 4 is 17.1 Å². The number of benzene rings is 1. The Kier molecular flexibility index (Phi) is 5.93. The van der Waals surface area contributed by atoms with E-state index in [9.17, 15) is 4.79 Å². The molecule has 0 spiro atoms. The lowest BCUT2D eigenvalue weighted by molar-refractivity contribution is 0.137. The summed E-state index contributed by atoms with van der Waals surface area (Å²) in [5.41, 5.74) is 1.73. The van der Waals surface area contributed by atoms with Gasteiger partial charge in [0.25, 0.3) is 0 Å². The van der Waals surface area contributed by atoms with Crippen molar-refractivity contribution in [1.29, 1.82) is 0 Å². The van der Waals surface area contributed by atoms with Crippen molar-refractivity contribution in [2.45, 2.75) is 44.1 Å². The van der Waals surface area contributed by atoms with E-state index in [2.05, 4.69) is 15.2 Å². The molecule has 2 aliphatic heterocycles. The quantitative estimate of drug-likeness (QED) is 0.654. The molecule has 7 nitrogen and oxygen atoms in total. The number of fused-ring (bicyclic) bond motifs is 1. The van der Waals surface area contributed by atoms with Gasteiger partial charge in [0, 0.05) is 25.6 Å². The smallest absolute Gasteiger partial charge is 0.317 e. The maximum Gasteiger partial charge on any atom is 0.317 e. The highest BCUT2D eigenvalue weighted by atomic mass is 16.3. The number of hydrogen-bond donors (Lipinski definition) is 1. The molecular weight excluding hydrogens is 392 g/mol. The number of nitrogens with one attached hydrogen (secondary N) is 1. The van der Waals surface area contributed by atoms with Crippen molar-refractivity contribution in [2.75, 3.05) is 32.7 Å². The molecule has 2 saturated heterocycles. The summed E-state index contributed by atoms with van der Waals surface area (Å²) < 4.78 is 11.6. The SMILES string of the molecule is O=C(NCC(c1ccco1)N1CCCCC1)N1CCC(c2nc3ccccc3o2)CC1. The van der Waals surface area contributed by atoms with E-state index in [0.717, 1.165) is 48.7 Å². The zero-order chi connectivity index (χ0) is 21.0. The van der Waals surface area contributed by atoms with Gasteiger partial charge >= 0.3 is 6.03 Å². The number of oxazole rings is 1. The highest BCUT2D eigenvalue weighted by Crippen LogP contribution is 2.30. The number of furan rings is 1. The minimum atomic E-state index is 0.00424. The molecule has 1 N–H and O–H groups in total. The standard InChI is InChI=1S/C24H30N4O3/c29-24(25-17-20(22-9-6-16-30-22)27-12-4-1-5-13-27)28-14-10-18(11-15-28)23-26-19-7-2-3-8-21(19)31-23/h2-3,6-9,16,18,20H,1,4-5,10-15,17H2,(H,25,29). The summed E-state index contributed by atoms with van der Waals surface area (Å²) in [5, 5.41) is 3.16. The van der Waals surface area contributed by atoms with Gasteiger partial charge < -0.3 is 19.1 Å². The molecule has 4 heterocycles. The van der Waals surface area contributed by atoms with Gasteiger partial charge in [-0.2, -0.15) is 0 Å². The molecule has 0 saturated carbocycles. The molecule has 1 aromatic carbocycles. The zero-order valence-electron chi connectivity index (χ0n) is 17.8. The van der Waals surface area contributed by atoms with Crippen LogP contribution in [0, 0.1) is 0 Å². The first-order valence-electron chi connectivity index (χ1n) is 11.4. The van der Waals surface area contributed by atoms with Crippen molar-refractivity contribution in [3.05, 3.63) is 54.3 Å². The molecule has 2 aromatic heterocycles. The third-order valence-electron chi connectivity index (χ3n) is 6.59. The van der Waals surface area contributed by atoms with Crippen LogP contribution in [0.3, 0.4) is 0 Å². The Bertz CT molecular complexity index is 952. The number of para-hydroxylation sites is 2. The molecule has 2 fully saturated rings. The van der Waals surface area contributed by atoms with Gasteiger partial charge in [-0.15, -0.1) is 0 Å². The first kappa shape index (κ1) is 20.1. The van der Waals surface area contributed by atoms with Crippen molar-refractivity contribution < 1.29 is 13.6 Å². The van der Waals surface area contributed by atoms with Gasteiger partial charge in [-0.05, 0) is 63.0 Å². The van der Waals surface area contributed by atoms with Crippen LogP contribution in [-0.2, 0) is 0 Å². The Labute approximate surface area is 182 Å². The lowest BCUT2D eigenvalue weighted by atomic mass is 9.97. The first-order chi connectivity index (χ1) is 15.3. The van der Waals surface area contributed by atoms with Gasteiger partial charge in [-0.1, -0.05) is 18.6 Å². The fourth-order valence-electron chi connectivity index (χ4n) is 4.81. The topological polar surface area (TPSA) is 74.8 Å². The molecule has 3 aromatic rings. The monoisotopic (exact) mass is 422 g/mol. The predicted molar refractivity (Wildman–Crippen MR) is 118 cm³/mol. The fraction of sp³-hybridized carbons (Fsp3) is 0.500. The molecule has 31 heavy (non-hydrogen) atoms. The van der Waals surface area contributed by atoms with Gasteiger partial charge in [0.05, 0.1) is 12.3 Å². The Balaban J connectivity index is 1.16. The summed E-state index contributed by atoms with van der Waals surface area (Å²) in [7, 11) is 0. The summed E-state index contributed by atoms with van der Waals surface area (Å²) >= 11 is 0. The van der Waals surface area contributed by atoms with Crippen molar-refractivity contribution in [3.63, 3.8) is 0 Å². The van der Waals surface area contributed by atoms with Crippen molar-refractivity contribution in [2.24, 2.45) is 0 Å². The zero-order valence-corrected chi connectivity index (χ0v) is 17.8. The molecule has 5 rings (SSSR count). The second kappa shape index (κ2) is 9.14. The van der Waals surface area contributed by atoms with Crippen LogP contribution in [0.15, 0.2) is 51.5 Å². The maximum absolute atomic E-state index is 12.9. The summed E-state index contributed by atoms with van der Waals surface area (Å²) in [6.07, 6.45) is 7.14. The number of piperidine rings is 2. The Hall–Kier alpha value is -2.80. The molecule has 2 amide bonds. The van der Waals surface area contributed by atoms with E-state index in [1.54, 1.807) is 6.26 Å². The molecule has 0 radical (unpaired) electrons. The van der Waals surface area contributed by atoms with Gasteiger partial charge in [-0.3, -0.25) is 4.90 Å². The lowest BCUT2D eigenvalue weighted by Gasteiger charge is -2.35. The molecule has 1 atom stereocenters. The number of rotatable bonds is 5. The van der Waals surface area contributed by atoms with Crippen LogP contribution >= 0.6 is 0 Å². The number of nitrogens with zero attached hydrogens (tertiary/aromatic N) is 3. The fourth-order valence-corrected chi connectivity index (χ4v) is 4.81. The minimum absolute atomic E-state index is 0.00424. The Morgan fingerprint density at radius 1 is 1.06 bits per heavy atom. The summed E-state index contributed by atoms with van der Waals surface area (Å²) in [6.45, 7) is 4.10. The summed E-state index contributed by atoms with van der Waals surface area (Å²) in [5.74, 6) is 1.99. The highest BCUT2D eigenvalue weighted by Gasteiger charge is 2.29. The van der Waals surface area contributed by atoms with E-state index < -0.39 is 0 Å². The van der Waals surface area contributed by atoms with Crippen LogP contribution in [-0.4, -0.2) is 53.5 Å². The van der Waals surface area contributed by atoms with Gasteiger partial charge in [0.1, 0.15) is 11.3 Å². The van der Waals surface area contributed by atoms with E-state index in [1.807, 2.05) is 41.3 Å². The first-order valence-corrected chi connectivity index (χ1v) is 11.4. The molecular formula is C24H30N4O3. The van der Waals surface area contributed by atoms with E-state index in [1.165, 1.54) is 19.3 Å². The van der Waals surface area contributed by atoms with E-state index in [4.69, 9.17) is 8.83 Å². The molecule has 0 aliphatic carbocycles. The van der Waals surface area contributed by atoms with Gasteiger partial charge in [0.2, 0.25) is 0 Å². The minimum Gasteiger partial charge on any atom is -0.468 e. The van der Waals surface area contributed by atoms with Gasteiger partial charge in [0.15, 0.2) is 11.5 Å². The van der Waals surface area contributed by atoms with Crippen molar-refractivity contribution in [1.82, 2.24) is 20.1 Å². The molecule has 164 valence electrons. The van der Waals surface area contributed by atoms with Crippen LogP contribution in [0.4, 0.5) is 4.79 Å². The lowest BCUT2D eigenvalue weighted by Crippen LogP contribution is -2.47. The van der Waals surface area contributed by atoms with Crippen LogP contribution < -0.4 is 5.32 Å². The average Bonchev–Trinajstić information content (AvgIpc) is 3.50. The maximum atomic E-state index is 12.9. The van der Waals surface area contributed by atoms with Crippen LogP contribution in [0.5, 0.6) is 0 Å². The third kappa shape index (κ3) is 4.46. The summed E-state index contributed by atoms with van der Waals surface area (Å²) in [6, 6.07) is 11.9.